The van der Waals surface area contributed by atoms with E-state index < -0.39 is 0 Å². The van der Waals surface area contributed by atoms with Gasteiger partial charge in [-0.2, -0.15) is 0 Å². The maximum absolute atomic E-state index is 12.4. The van der Waals surface area contributed by atoms with Crippen molar-refractivity contribution in [2.75, 3.05) is 13.6 Å². The minimum Gasteiger partial charge on any atom is -0.337 e. The normalized spacial score (nSPS) is 13.2. The molecule has 4 heteroatoms. The van der Waals surface area contributed by atoms with E-state index in [0.29, 0.717) is 6.54 Å². The van der Waals surface area contributed by atoms with Gasteiger partial charge in [0.15, 0.2) is 0 Å². The van der Waals surface area contributed by atoms with Gasteiger partial charge in [0.25, 0.3) is 0 Å². The molecule has 0 aliphatic heterocycles. The maximum atomic E-state index is 12.4. The minimum atomic E-state index is -0.0613. The van der Waals surface area contributed by atoms with Crippen LogP contribution in [-0.4, -0.2) is 29.5 Å². The Bertz CT molecular complexity index is 642. The molecule has 0 spiro atoms. The van der Waals surface area contributed by atoms with Crippen molar-refractivity contribution < 1.29 is 4.79 Å². The van der Waals surface area contributed by atoms with Gasteiger partial charge in [-0.15, -0.1) is 0 Å². The van der Waals surface area contributed by atoms with E-state index in [1.807, 2.05) is 26.1 Å². The molecule has 0 aliphatic carbocycles. The summed E-state index contributed by atoms with van der Waals surface area (Å²) in [5.41, 5.74) is 3.56. The highest BCUT2D eigenvalue weighted by molar-refractivity contribution is 5.74. The summed E-state index contributed by atoms with van der Waals surface area (Å²) in [7, 11) is 1.82. The van der Waals surface area contributed by atoms with Crippen LogP contribution in [0.1, 0.15) is 42.5 Å². The van der Waals surface area contributed by atoms with Crippen molar-refractivity contribution in [1.82, 2.24) is 15.2 Å². The molecular formula is C19H25N3O. The van der Waals surface area contributed by atoms with Crippen molar-refractivity contribution in [2.24, 2.45) is 0 Å². The lowest BCUT2D eigenvalue weighted by atomic mass is 9.99. The first-order chi connectivity index (χ1) is 11.0. The molecule has 23 heavy (non-hydrogen) atoms. The zero-order valence-corrected chi connectivity index (χ0v) is 14.3. The van der Waals surface area contributed by atoms with E-state index in [1.54, 1.807) is 17.3 Å². The Kier molecular flexibility index (Phi) is 5.74. The second-order valence-corrected chi connectivity index (χ2v) is 6.07. The van der Waals surface area contributed by atoms with Gasteiger partial charge in [-0.05, 0) is 43.0 Å². The predicted octanol–water partition coefficient (Wildman–Crippen LogP) is 3.90. The van der Waals surface area contributed by atoms with Gasteiger partial charge in [0.2, 0.25) is 0 Å². The lowest BCUT2D eigenvalue weighted by molar-refractivity contribution is 0.194. The van der Waals surface area contributed by atoms with Gasteiger partial charge in [-0.1, -0.05) is 36.8 Å². The molecule has 0 fully saturated rings. The highest BCUT2D eigenvalue weighted by Crippen LogP contribution is 2.18. The second-order valence-electron chi connectivity index (χ2n) is 6.07. The summed E-state index contributed by atoms with van der Waals surface area (Å²) in [6.07, 6.45) is 3.49. The minimum absolute atomic E-state index is 0.00674. The zero-order valence-electron chi connectivity index (χ0n) is 14.3. The molecule has 1 aromatic carbocycles. The molecule has 2 amide bonds. The number of urea groups is 1. The molecule has 0 bridgehead atoms. The van der Waals surface area contributed by atoms with E-state index in [1.165, 1.54) is 11.1 Å². The number of benzene rings is 1. The number of pyridine rings is 1. The van der Waals surface area contributed by atoms with Crippen LogP contribution in [0.25, 0.3) is 0 Å². The number of hydrogen-bond acceptors (Lipinski definition) is 2. The van der Waals surface area contributed by atoms with Gasteiger partial charge < -0.3 is 10.2 Å². The highest BCUT2D eigenvalue weighted by atomic mass is 16.2. The zero-order chi connectivity index (χ0) is 16.8. The Hall–Kier alpha value is -2.36. The number of carbonyl (C=O) groups excluding carboxylic acids is 1. The van der Waals surface area contributed by atoms with Crippen molar-refractivity contribution in [3.8, 4) is 0 Å². The Morgan fingerprint density at radius 2 is 1.87 bits per heavy atom. The summed E-state index contributed by atoms with van der Waals surface area (Å²) in [6.45, 7) is 6.84. The third kappa shape index (κ3) is 4.55. The van der Waals surface area contributed by atoms with Gasteiger partial charge in [0, 0.05) is 26.0 Å². The molecule has 1 N–H and O–H groups in total. The number of aromatic nitrogens is 1. The standard InChI is InChI=1S/C19H25N3O/c1-14-6-5-7-18(12-14)15(2)13-21-19(23)22(4)16(3)17-8-10-20-11-9-17/h5-12,15-16H,13H2,1-4H3,(H,21,23). The summed E-state index contributed by atoms with van der Waals surface area (Å²) >= 11 is 0. The lowest BCUT2D eigenvalue weighted by Crippen LogP contribution is -2.40. The van der Waals surface area contributed by atoms with Crippen molar-refractivity contribution in [1.29, 1.82) is 0 Å². The molecule has 0 saturated heterocycles. The summed E-state index contributed by atoms with van der Waals surface area (Å²) in [6, 6.07) is 12.2. The third-order valence-electron chi connectivity index (χ3n) is 4.26. The van der Waals surface area contributed by atoms with Crippen LogP contribution in [0.15, 0.2) is 48.8 Å². The topological polar surface area (TPSA) is 45.2 Å². The fourth-order valence-corrected chi connectivity index (χ4v) is 2.50. The molecule has 2 rings (SSSR count). The van der Waals surface area contributed by atoms with Crippen LogP contribution in [0.2, 0.25) is 0 Å². The van der Waals surface area contributed by atoms with Crippen LogP contribution in [0.4, 0.5) is 4.79 Å². The summed E-state index contributed by atoms with van der Waals surface area (Å²) in [5.74, 6) is 0.281. The predicted molar refractivity (Wildman–Crippen MR) is 93.4 cm³/mol. The van der Waals surface area contributed by atoms with Crippen LogP contribution in [-0.2, 0) is 0 Å². The molecule has 0 aliphatic rings. The number of aryl methyl sites for hydroxylation is 1. The fraction of sp³-hybridized carbons (Fsp3) is 0.368. The molecule has 0 saturated carbocycles. The molecule has 1 heterocycles. The van der Waals surface area contributed by atoms with Crippen molar-refractivity contribution in [3.05, 3.63) is 65.5 Å². The molecule has 2 aromatic rings. The molecular weight excluding hydrogens is 286 g/mol. The summed E-state index contributed by atoms with van der Waals surface area (Å²) in [4.78, 5) is 18.1. The van der Waals surface area contributed by atoms with E-state index >= 15 is 0 Å². The average Bonchev–Trinajstić information content (AvgIpc) is 2.58. The van der Waals surface area contributed by atoms with E-state index in [2.05, 4.69) is 48.4 Å². The van der Waals surface area contributed by atoms with Gasteiger partial charge >= 0.3 is 6.03 Å². The first kappa shape index (κ1) is 17.0. The fourth-order valence-electron chi connectivity index (χ4n) is 2.50. The van der Waals surface area contributed by atoms with Crippen molar-refractivity contribution in [2.45, 2.75) is 32.7 Å². The monoisotopic (exact) mass is 311 g/mol. The number of hydrogen-bond donors (Lipinski definition) is 1. The third-order valence-corrected chi connectivity index (χ3v) is 4.26. The molecule has 1 aromatic heterocycles. The van der Waals surface area contributed by atoms with Gasteiger partial charge in [-0.25, -0.2) is 4.79 Å². The number of nitrogens with one attached hydrogen (secondary N) is 1. The number of rotatable bonds is 5. The summed E-state index contributed by atoms with van der Waals surface area (Å²) < 4.78 is 0. The molecule has 4 nitrogen and oxygen atoms in total. The van der Waals surface area contributed by atoms with E-state index in [9.17, 15) is 4.79 Å². The SMILES string of the molecule is Cc1cccc(C(C)CNC(=O)N(C)C(C)c2ccncc2)c1. The molecule has 2 atom stereocenters. The number of carbonyl (C=O) groups is 1. The Morgan fingerprint density at radius 3 is 2.52 bits per heavy atom. The largest absolute Gasteiger partial charge is 0.337 e. The average molecular weight is 311 g/mol. The lowest BCUT2D eigenvalue weighted by Gasteiger charge is -2.26. The van der Waals surface area contributed by atoms with Crippen molar-refractivity contribution in [3.63, 3.8) is 0 Å². The number of amides is 2. The Labute approximate surface area is 138 Å². The van der Waals surface area contributed by atoms with Crippen LogP contribution in [0.3, 0.4) is 0 Å². The van der Waals surface area contributed by atoms with E-state index in [4.69, 9.17) is 0 Å². The molecule has 122 valence electrons. The van der Waals surface area contributed by atoms with Crippen LogP contribution in [0.5, 0.6) is 0 Å². The Morgan fingerprint density at radius 1 is 1.17 bits per heavy atom. The quantitative estimate of drug-likeness (QED) is 0.910. The summed E-state index contributed by atoms with van der Waals surface area (Å²) in [5, 5.41) is 3.02. The first-order valence-electron chi connectivity index (χ1n) is 7.96. The second kappa shape index (κ2) is 7.77. The molecule has 2 unspecified atom stereocenters. The maximum Gasteiger partial charge on any atom is 0.317 e. The van der Waals surface area contributed by atoms with Crippen LogP contribution in [0, 0.1) is 6.92 Å². The van der Waals surface area contributed by atoms with Gasteiger partial charge in [0.05, 0.1) is 6.04 Å². The highest BCUT2D eigenvalue weighted by Gasteiger charge is 2.17. The number of nitrogens with zero attached hydrogens (tertiary/aromatic N) is 2. The van der Waals surface area contributed by atoms with E-state index in [0.717, 1.165) is 5.56 Å². The van der Waals surface area contributed by atoms with Gasteiger partial charge in [-0.3, -0.25) is 4.98 Å². The van der Waals surface area contributed by atoms with Crippen molar-refractivity contribution >= 4 is 6.03 Å². The Balaban J connectivity index is 1.91. The van der Waals surface area contributed by atoms with Crippen LogP contribution >= 0.6 is 0 Å². The van der Waals surface area contributed by atoms with Crippen LogP contribution < -0.4 is 5.32 Å². The molecule has 0 radical (unpaired) electrons. The van der Waals surface area contributed by atoms with E-state index in [-0.39, 0.29) is 18.0 Å². The smallest absolute Gasteiger partial charge is 0.317 e. The first-order valence-corrected chi connectivity index (χ1v) is 7.96. The van der Waals surface area contributed by atoms with Gasteiger partial charge in [0.1, 0.15) is 0 Å².